The summed E-state index contributed by atoms with van der Waals surface area (Å²) in [5, 5.41) is 10.4. The highest BCUT2D eigenvalue weighted by Gasteiger charge is 2.19. The van der Waals surface area contributed by atoms with Gasteiger partial charge in [-0.2, -0.15) is 5.10 Å². The van der Waals surface area contributed by atoms with Crippen molar-refractivity contribution < 1.29 is 4.79 Å². The van der Waals surface area contributed by atoms with E-state index in [1.807, 2.05) is 32.5 Å². The Hall–Kier alpha value is -1.52. The monoisotopic (exact) mass is 278 g/mol. The van der Waals surface area contributed by atoms with Gasteiger partial charge in [0.2, 0.25) is 0 Å². The number of amides is 2. The lowest BCUT2D eigenvalue weighted by atomic mass is 10.1. The summed E-state index contributed by atoms with van der Waals surface area (Å²) in [5.74, 6) is 0.665. The highest BCUT2D eigenvalue weighted by molar-refractivity contribution is 5.74. The molecule has 1 saturated carbocycles. The molecule has 112 valence electrons. The van der Waals surface area contributed by atoms with Crippen molar-refractivity contribution in [3.05, 3.63) is 17.0 Å². The molecule has 0 unspecified atom stereocenters. The normalized spacial score (nSPS) is 17.2. The van der Waals surface area contributed by atoms with Crippen molar-refractivity contribution in [3.63, 3.8) is 0 Å². The lowest BCUT2D eigenvalue weighted by Crippen LogP contribution is -2.39. The Morgan fingerprint density at radius 1 is 1.40 bits per heavy atom. The van der Waals surface area contributed by atoms with Crippen molar-refractivity contribution in [2.24, 2.45) is 13.0 Å². The fourth-order valence-corrected chi connectivity index (χ4v) is 3.19. The van der Waals surface area contributed by atoms with E-state index in [2.05, 4.69) is 15.7 Å². The largest absolute Gasteiger partial charge is 0.338 e. The van der Waals surface area contributed by atoms with Crippen molar-refractivity contribution in [2.75, 3.05) is 6.54 Å². The van der Waals surface area contributed by atoms with E-state index < -0.39 is 0 Å². The van der Waals surface area contributed by atoms with E-state index in [1.54, 1.807) is 0 Å². The van der Waals surface area contributed by atoms with Crippen LogP contribution in [0, 0.1) is 19.8 Å². The van der Waals surface area contributed by atoms with E-state index in [0.717, 1.165) is 23.5 Å². The third-order valence-corrected chi connectivity index (χ3v) is 4.37. The van der Waals surface area contributed by atoms with Crippen LogP contribution in [0.3, 0.4) is 0 Å². The number of carbonyl (C=O) groups excluding carboxylic acids is 1. The van der Waals surface area contributed by atoms with Gasteiger partial charge in [0.1, 0.15) is 0 Å². The number of urea groups is 1. The topological polar surface area (TPSA) is 59.0 Å². The summed E-state index contributed by atoms with van der Waals surface area (Å²) in [4.78, 5) is 12.0. The zero-order valence-corrected chi connectivity index (χ0v) is 13.0. The average molecular weight is 278 g/mol. The van der Waals surface area contributed by atoms with Crippen LogP contribution in [-0.2, 0) is 7.05 Å². The number of hydrogen-bond donors (Lipinski definition) is 2. The molecule has 0 radical (unpaired) electrons. The molecule has 1 atom stereocenters. The van der Waals surface area contributed by atoms with E-state index in [0.29, 0.717) is 5.92 Å². The number of aryl methyl sites for hydroxylation is 2. The molecule has 1 aromatic rings. The number of aromatic nitrogens is 2. The van der Waals surface area contributed by atoms with Gasteiger partial charge in [-0.3, -0.25) is 4.68 Å². The predicted octanol–water partition coefficient (Wildman–Crippen LogP) is 2.59. The zero-order chi connectivity index (χ0) is 14.7. The smallest absolute Gasteiger partial charge is 0.315 e. The molecule has 2 amide bonds. The van der Waals surface area contributed by atoms with Gasteiger partial charge in [0.25, 0.3) is 0 Å². The van der Waals surface area contributed by atoms with E-state index in [9.17, 15) is 4.79 Å². The molecular formula is C15H26N4O. The van der Waals surface area contributed by atoms with Crippen molar-refractivity contribution >= 4 is 6.03 Å². The van der Waals surface area contributed by atoms with Gasteiger partial charge >= 0.3 is 6.03 Å². The molecule has 0 bridgehead atoms. The van der Waals surface area contributed by atoms with Gasteiger partial charge in [-0.1, -0.05) is 12.8 Å². The minimum absolute atomic E-state index is 0.0210. The molecule has 0 saturated heterocycles. The first kappa shape index (κ1) is 14.9. The summed E-state index contributed by atoms with van der Waals surface area (Å²) in [6.45, 7) is 6.82. The van der Waals surface area contributed by atoms with Crippen LogP contribution in [0.5, 0.6) is 0 Å². The molecule has 5 nitrogen and oxygen atoms in total. The van der Waals surface area contributed by atoms with Crippen LogP contribution in [-0.4, -0.2) is 22.4 Å². The van der Waals surface area contributed by atoms with Crippen molar-refractivity contribution in [3.8, 4) is 0 Å². The molecule has 1 heterocycles. The Labute approximate surface area is 121 Å². The van der Waals surface area contributed by atoms with Crippen LogP contribution >= 0.6 is 0 Å². The molecule has 1 aromatic heterocycles. The summed E-state index contributed by atoms with van der Waals surface area (Å²) in [6, 6.07) is -0.0978. The standard InChI is InChI=1S/C15H26N4O/c1-10(14-11(2)18-19(4)12(14)3)17-15(20)16-9-13-7-5-6-8-13/h10,13H,5-9H2,1-4H3,(H2,16,17,20)/t10-/m1/s1. The Kier molecular flexibility index (Phi) is 4.68. The van der Waals surface area contributed by atoms with E-state index in [1.165, 1.54) is 25.7 Å². The predicted molar refractivity (Wildman–Crippen MR) is 79.6 cm³/mol. The summed E-state index contributed by atoms with van der Waals surface area (Å²) < 4.78 is 1.86. The van der Waals surface area contributed by atoms with E-state index in [4.69, 9.17) is 0 Å². The minimum Gasteiger partial charge on any atom is -0.338 e. The van der Waals surface area contributed by atoms with Crippen LogP contribution in [0.1, 0.15) is 55.6 Å². The number of hydrogen-bond acceptors (Lipinski definition) is 2. The molecular weight excluding hydrogens is 252 g/mol. The Balaban J connectivity index is 1.86. The van der Waals surface area contributed by atoms with Gasteiger partial charge in [0.15, 0.2) is 0 Å². The SMILES string of the molecule is Cc1nn(C)c(C)c1[C@@H](C)NC(=O)NCC1CCCC1. The third kappa shape index (κ3) is 3.32. The Bertz CT molecular complexity index is 474. The highest BCUT2D eigenvalue weighted by Crippen LogP contribution is 2.24. The lowest BCUT2D eigenvalue weighted by Gasteiger charge is -2.17. The average Bonchev–Trinajstić information content (AvgIpc) is 2.96. The van der Waals surface area contributed by atoms with Crippen molar-refractivity contribution in [2.45, 2.75) is 52.5 Å². The second-order valence-electron chi connectivity index (χ2n) is 5.93. The molecule has 1 aliphatic rings. The first-order valence-corrected chi connectivity index (χ1v) is 7.53. The number of carbonyl (C=O) groups is 1. The molecule has 0 aliphatic heterocycles. The maximum absolute atomic E-state index is 12.0. The Morgan fingerprint density at radius 2 is 2.05 bits per heavy atom. The second-order valence-corrected chi connectivity index (χ2v) is 5.93. The lowest BCUT2D eigenvalue weighted by molar-refractivity contribution is 0.236. The molecule has 20 heavy (non-hydrogen) atoms. The number of rotatable bonds is 4. The summed E-state index contributed by atoms with van der Waals surface area (Å²) in [7, 11) is 1.93. The van der Waals surface area contributed by atoms with E-state index >= 15 is 0 Å². The van der Waals surface area contributed by atoms with Gasteiger partial charge in [0.05, 0.1) is 11.7 Å². The molecule has 1 aliphatic carbocycles. The molecule has 2 rings (SSSR count). The van der Waals surface area contributed by atoms with Crippen LogP contribution < -0.4 is 10.6 Å². The van der Waals surface area contributed by atoms with Gasteiger partial charge in [-0.15, -0.1) is 0 Å². The number of nitrogens with zero attached hydrogens (tertiary/aromatic N) is 2. The molecule has 0 spiro atoms. The zero-order valence-electron chi connectivity index (χ0n) is 13.0. The maximum atomic E-state index is 12.0. The highest BCUT2D eigenvalue weighted by atomic mass is 16.2. The molecule has 1 fully saturated rings. The van der Waals surface area contributed by atoms with E-state index in [-0.39, 0.29) is 12.1 Å². The van der Waals surface area contributed by atoms with Crippen molar-refractivity contribution in [1.29, 1.82) is 0 Å². The fraction of sp³-hybridized carbons (Fsp3) is 0.733. The molecule has 0 aromatic carbocycles. The summed E-state index contributed by atoms with van der Waals surface area (Å²) in [5.41, 5.74) is 3.20. The Morgan fingerprint density at radius 3 is 2.60 bits per heavy atom. The minimum atomic E-state index is -0.0768. The molecule has 5 heteroatoms. The first-order valence-electron chi connectivity index (χ1n) is 7.53. The van der Waals surface area contributed by atoms with Gasteiger partial charge in [0, 0.05) is 24.8 Å². The van der Waals surface area contributed by atoms with Crippen LogP contribution in [0.25, 0.3) is 0 Å². The summed E-state index contributed by atoms with van der Waals surface area (Å²) in [6.07, 6.45) is 5.10. The first-order chi connectivity index (χ1) is 9.49. The van der Waals surface area contributed by atoms with Gasteiger partial charge in [-0.05, 0) is 39.5 Å². The van der Waals surface area contributed by atoms with Crippen LogP contribution in [0.15, 0.2) is 0 Å². The van der Waals surface area contributed by atoms with Crippen LogP contribution in [0.2, 0.25) is 0 Å². The summed E-state index contributed by atoms with van der Waals surface area (Å²) >= 11 is 0. The van der Waals surface area contributed by atoms with Crippen LogP contribution in [0.4, 0.5) is 4.79 Å². The fourth-order valence-electron chi connectivity index (χ4n) is 3.19. The van der Waals surface area contributed by atoms with Crippen molar-refractivity contribution in [1.82, 2.24) is 20.4 Å². The van der Waals surface area contributed by atoms with Gasteiger partial charge in [-0.25, -0.2) is 4.79 Å². The number of nitrogens with one attached hydrogen (secondary N) is 2. The van der Waals surface area contributed by atoms with Gasteiger partial charge < -0.3 is 10.6 Å². The molecule has 2 N–H and O–H groups in total. The third-order valence-electron chi connectivity index (χ3n) is 4.37. The maximum Gasteiger partial charge on any atom is 0.315 e. The second kappa shape index (κ2) is 6.29. The quantitative estimate of drug-likeness (QED) is 0.889.